The van der Waals surface area contributed by atoms with Crippen LogP contribution in [0.15, 0.2) is 6.20 Å². The number of methoxy groups -OCH3 is 1. The number of aromatic amines is 1. The van der Waals surface area contributed by atoms with Crippen molar-refractivity contribution >= 4 is 11.2 Å². The number of nitrogens with one attached hydrogen (secondary N) is 1. The van der Waals surface area contributed by atoms with E-state index in [0.717, 1.165) is 34.5 Å². The van der Waals surface area contributed by atoms with Crippen LogP contribution >= 0.6 is 0 Å². The fourth-order valence-electron chi connectivity index (χ4n) is 2.13. The summed E-state index contributed by atoms with van der Waals surface area (Å²) in [6.45, 7) is 6.90. The van der Waals surface area contributed by atoms with Gasteiger partial charge in [-0.2, -0.15) is 0 Å². The Bertz CT molecular complexity index is 519. The van der Waals surface area contributed by atoms with Gasteiger partial charge in [0.1, 0.15) is 5.52 Å². The smallest absolute Gasteiger partial charge is 0.156 e. The highest BCUT2D eigenvalue weighted by molar-refractivity contribution is 5.75. The standard InChI is InChI=1S/C13H19N3O/c1-5-10(7-17-4)12-9(3)15-13-11(16-12)8(2)6-14-13/h6,10H,5,7H2,1-4H3,(H,14,15). The molecule has 0 aliphatic heterocycles. The van der Waals surface area contributed by atoms with Crippen molar-refractivity contribution in [3.05, 3.63) is 23.1 Å². The van der Waals surface area contributed by atoms with Crippen LogP contribution in [-0.4, -0.2) is 28.7 Å². The van der Waals surface area contributed by atoms with Crippen LogP contribution in [0, 0.1) is 13.8 Å². The number of ether oxygens (including phenoxy) is 1. The molecule has 92 valence electrons. The summed E-state index contributed by atoms with van der Waals surface area (Å²) in [4.78, 5) is 12.5. The van der Waals surface area contributed by atoms with Crippen molar-refractivity contribution in [2.45, 2.75) is 33.1 Å². The van der Waals surface area contributed by atoms with Gasteiger partial charge in [0.15, 0.2) is 5.65 Å². The molecule has 1 unspecified atom stereocenters. The van der Waals surface area contributed by atoms with Crippen molar-refractivity contribution in [1.29, 1.82) is 0 Å². The van der Waals surface area contributed by atoms with Gasteiger partial charge in [-0.05, 0) is 25.8 Å². The number of aryl methyl sites for hydroxylation is 2. The first-order valence-corrected chi connectivity index (χ1v) is 5.98. The van der Waals surface area contributed by atoms with Crippen molar-refractivity contribution in [2.75, 3.05) is 13.7 Å². The predicted octanol–water partition coefficient (Wildman–Crippen LogP) is 2.71. The molecule has 2 aromatic heterocycles. The van der Waals surface area contributed by atoms with Crippen LogP contribution in [0.25, 0.3) is 11.2 Å². The molecule has 0 fully saturated rings. The van der Waals surface area contributed by atoms with Crippen LogP contribution in [0.4, 0.5) is 0 Å². The van der Waals surface area contributed by atoms with Crippen LogP contribution in [0.3, 0.4) is 0 Å². The fourth-order valence-corrected chi connectivity index (χ4v) is 2.13. The normalized spacial score (nSPS) is 13.2. The highest BCUT2D eigenvalue weighted by atomic mass is 16.5. The first-order valence-electron chi connectivity index (χ1n) is 5.98. The van der Waals surface area contributed by atoms with E-state index in [9.17, 15) is 0 Å². The third kappa shape index (κ3) is 2.17. The molecule has 2 aromatic rings. The number of aromatic nitrogens is 3. The summed E-state index contributed by atoms with van der Waals surface area (Å²) < 4.78 is 5.25. The second kappa shape index (κ2) is 4.84. The molecule has 0 spiro atoms. The zero-order valence-electron chi connectivity index (χ0n) is 10.9. The molecular weight excluding hydrogens is 214 g/mol. The molecule has 0 amide bonds. The summed E-state index contributed by atoms with van der Waals surface area (Å²) in [7, 11) is 1.73. The van der Waals surface area contributed by atoms with E-state index in [1.165, 1.54) is 0 Å². The maximum atomic E-state index is 5.25. The first kappa shape index (κ1) is 12.0. The van der Waals surface area contributed by atoms with Crippen LogP contribution in [0.5, 0.6) is 0 Å². The molecule has 0 aliphatic carbocycles. The van der Waals surface area contributed by atoms with Crippen LogP contribution in [0.2, 0.25) is 0 Å². The lowest BCUT2D eigenvalue weighted by atomic mass is 10.0. The summed E-state index contributed by atoms with van der Waals surface area (Å²) in [5.74, 6) is 0.325. The van der Waals surface area contributed by atoms with Gasteiger partial charge < -0.3 is 9.72 Å². The molecule has 17 heavy (non-hydrogen) atoms. The minimum atomic E-state index is 0.325. The van der Waals surface area contributed by atoms with Crippen LogP contribution in [-0.2, 0) is 4.74 Å². The van der Waals surface area contributed by atoms with Gasteiger partial charge in [-0.15, -0.1) is 0 Å². The van der Waals surface area contributed by atoms with Gasteiger partial charge >= 0.3 is 0 Å². The minimum absolute atomic E-state index is 0.325. The second-order valence-corrected chi connectivity index (χ2v) is 4.42. The first-order chi connectivity index (χ1) is 8.17. The second-order valence-electron chi connectivity index (χ2n) is 4.42. The topological polar surface area (TPSA) is 50.8 Å². The number of H-pyrrole nitrogens is 1. The monoisotopic (exact) mass is 233 g/mol. The zero-order chi connectivity index (χ0) is 12.4. The quantitative estimate of drug-likeness (QED) is 0.883. The minimum Gasteiger partial charge on any atom is -0.384 e. The van der Waals surface area contributed by atoms with Crippen molar-refractivity contribution < 1.29 is 4.74 Å². The summed E-state index contributed by atoms with van der Waals surface area (Å²) in [5, 5.41) is 0. The molecular formula is C13H19N3O. The molecule has 0 aliphatic rings. The Balaban J connectivity index is 2.51. The molecule has 4 heteroatoms. The molecule has 2 rings (SSSR count). The number of fused-ring (bicyclic) bond motifs is 1. The van der Waals surface area contributed by atoms with Gasteiger partial charge in [0.05, 0.1) is 18.0 Å². The van der Waals surface area contributed by atoms with E-state index >= 15 is 0 Å². The van der Waals surface area contributed by atoms with E-state index in [0.29, 0.717) is 12.5 Å². The zero-order valence-corrected chi connectivity index (χ0v) is 10.9. The maximum Gasteiger partial charge on any atom is 0.156 e. The molecule has 4 nitrogen and oxygen atoms in total. The van der Waals surface area contributed by atoms with Crippen LogP contribution < -0.4 is 0 Å². The third-order valence-corrected chi connectivity index (χ3v) is 3.15. The SMILES string of the molecule is CCC(COC)c1nc2c(C)c[nH]c2nc1C. The molecule has 0 bridgehead atoms. The Kier molecular flexibility index (Phi) is 3.43. The molecule has 0 saturated heterocycles. The third-order valence-electron chi connectivity index (χ3n) is 3.15. The average Bonchev–Trinajstić information content (AvgIpc) is 2.67. The Labute approximate surface area is 101 Å². The van der Waals surface area contributed by atoms with E-state index in [1.807, 2.05) is 20.0 Å². The van der Waals surface area contributed by atoms with Gasteiger partial charge in [0.2, 0.25) is 0 Å². The maximum absolute atomic E-state index is 5.25. The summed E-state index contributed by atoms with van der Waals surface area (Å²) in [5.41, 5.74) is 5.03. The Morgan fingerprint density at radius 3 is 2.76 bits per heavy atom. The lowest BCUT2D eigenvalue weighted by molar-refractivity contribution is 0.176. The van der Waals surface area contributed by atoms with Gasteiger partial charge in [0.25, 0.3) is 0 Å². The largest absolute Gasteiger partial charge is 0.384 e. The lowest BCUT2D eigenvalue weighted by Crippen LogP contribution is -2.10. The molecule has 1 atom stereocenters. The fraction of sp³-hybridized carbons (Fsp3) is 0.538. The van der Waals surface area contributed by atoms with Crippen LogP contribution in [0.1, 0.15) is 36.2 Å². The number of nitrogens with zero attached hydrogens (tertiary/aromatic N) is 2. The van der Waals surface area contributed by atoms with Gasteiger partial charge in [-0.3, -0.25) is 0 Å². The summed E-state index contributed by atoms with van der Waals surface area (Å²) in [6.07, 6.45) is 2.96. The molecule has 0 aromatic carbocycles. The predicted molar refractivity (Wildman–Crippen MR) is 68.3 cm³/mol. The molecule has 1 N–H and O–H groups in total. The Hall–Kier alpha value is -1.42. The van der Waals surface area contributed by atoms with Crippen molar-refractivity contribution in [1.82, 2.24) is 15.0 Å². The van der Waals surface area contributed by atoms with E-state index in [2.05, 4.69) is 16.9 Å². The van der Waals surface area contributed by atoms with Crippen molar-refractivity contribution in [3.8, 4) is 0 Å². The molecule has 0 radical (unpaired) electrons. The van der Waals surface area contributed by atoms with E-state index in [1.54, 1.807) is 7.11 Å². The lowest BCUT2D eigenvalue weighted by Gasteiger charge is -2.15. The van der Waals surface area contributed by atoms with Crippen molar-refractivity contribution in [2.24, 2.45) is 0 Å². The van der Waals surface area contributed by atoms with Gasteiger partial charge in [-0.25, -0.2) is 9.97 Å². The van der Waals surface area contributed by atoms with Gasteiger partial charge in [-0.1, -0.05) is 6.92 Å². The summed E-state index contributed by atoms with van der Waals surface area (Å²) >= 11 is 0. The highest BCUT2D eigenvalue weighted by Gasteiger charge is 2.16. The number of hydrogen-bond acceptors (Lipinski definition) is 3. The van der Waals surface area contributed by atoms with E-state index in [4.69, 9.17) is 9.72 Å². The summed E-state index contributed by atoms with van der Waals surface area (Å²) in [6, 6.07) is 0. The molecule has 2 heterocycles. The number of hydrogen-bond donors (Lipinski definition) is 1. The Morgan fingerprint density at radius 2 is 2.12 bits per heavy atom. The Morgan fingerprint density at radius 1 is 1.35 bits per heavy atom. The van der Waals surface area contributed by atoms with E-state index < -0.39 is 0 Å². The highest BCUT2D eigenvalue weighted by Crippen LogP contribution is 2.23. The average molecular weight is 233 g/mol. The van der Waals surface area contributed by atoms with E-state index in [-0.39, 0.29) is 0 Å². The van der Waals surface area contributed by atoms with Gasteiger partial charge in [0, 0.05) is 19.2 Å². The number of rotatable bonds is 4. The molecule has 0 saturated carbocycles. The van der Waals surface area contributed by atoms with Crippen molar-refractivity contribution in [3.63, 3.8) is 0 Å².